The van der Waals surface area contributed by atoms with Crippen LogP contribution in [0.5, 0.6) is 0 Å². The van der Waals surface area contributed by atoms with Gasteiger partial charge >= 0.3 is 5.97 Å². The van der Waals surface area contributed by atoms with E-state index < -0.39 is 0 Å². The number of esters is 1. The van der Waals surface area contributed by atoms with Crippen LogP contribution in [0.25, 0.3) is 11.4 Å². The van der Waals surface area contributed by atoms with Crippen LogP contribution in [-0.4, -0.2) is 28.8 Å². The Kier molecular flexibility index (Phi) is 3.79. The number of aromatic amines is 1. The van der Waals surface area contributed by atoms with Crippen LogP contribution in [0.2, 0.25) is 0 Å². The molecule has 0 unspecified atom stereocenters. The largest absolute Gasteiger partial charge is 0.465 e. The highest BCUT2D eigenvalue weighted by Crippen LogP contribution is 2.22. The number of aromatic nitrogens is 2. The van der Waals surface area contributed by atoms with Gasteiger partial charge in [-0.3, -0.25) is 4.79 Å². The molecule has 0 spiro atoms. The number of rotatable bonds is 2. The second-order valence-electron chi connectivity index (χ2n) is 4.71. The fourth-order valence-corrected chi connectivity index (χ4v) is 3.25. The number of carbonyl (C=O) groups is 1. The first-order valence-corrected chi connectivity index (χ1v) is 7.73. The van der Waals surface area contributed by atoms with E-state index in [1.165, 1.54) is 7.11 Å². The molecule has 0 fully saturated rings. The molecule has 2 aromatic rings. The van der Waals surface area contributed by atoms with Gasteiger partial charge in [0.25, 0.3) is 5.56 Å². The molecule has 0 saturated heterocycles. The van der Waals surface area contributed by atoms with E-state index in [1.54, 1.807) is 36.0 Å². The number of aryl methyl sites for hydroxylation is 1. The molecule has 5 nitrogen and oxygen atoms in total. The summed E-state index contributed by atoms with van der Waals surface area (Å²) in [5.41, 5.74) is 2.84. The monoisotopic (exact) mass is 302 g/mol. The third-order valence-electron chi connectivity index (χ3n) is 3.41. The Morgan fingerprint density at radius 2 is 2.10 bits per heavy atom. The van der Waals surface area contributed by atoms with Crippen molar-refractivity contribution in [1.82, 2.24) is 9.97 Å². The molecule has 21 heavy (non-hydrogen) atoms. The van der Waals surface area contributed by atoms with Gasteiger partial charge in [0.1, 0.15) is 5.82 Å². The molecule has 0 aliphatic carbocycles. The predicted octanol–water partition coefficient (Wildman–Crippen LogP) is 2.01. The smallest absolute Gasteiger partial charge is 0.337 e. The number of ether oxygens (including phenoxy) is 1. The standard InChI is InChI=1S/C15H14N2O3S/c1-20-15(19)10-4-2-9(3-5-10)13-16-12-6-7-21-8-11(12)14(18)17-13/h2-5H,6-8H2,1H3,(H,16,17,18). The molecular weight excluding hydrogens is 288 g/mol. The van der Waals surface area contributed by atoms with Crippen LogP contribution in [0.15, 0.2) is 29.1 Å². The van der Waals surface area contributed by atoms with Gasteiger partial charge in [0.05, 0.1) is 18.4 Å². The van der Waals surface area contributed by atoms with Crippen molar-refractivity contribution in [1.29, 1.82) is 0 Å². The highest BCUT2D eigenvalue weighted by atomic mass is 32.2. The minimum Gasteiger partial charge on any atom is -0.465 e. The first-order valence-electron chi connectivity index (χ1n) is 6.57. The Bertz CT molecular complexity index is 738. The number of nitrogens with one attached hydrogen (secondary N) is 1. The summed E-state index contributed by atoms with van der Waals surface area (Å²) in [5.74, 6) is 1.87. The second-order valence-corrected chi connectivity index (χ2v) is 5.82. The Morgan fingerprint density at radius 3 is 2.81 bits per heavy atom. The van der Waals surface area contributed by atoms with E-state index in [4.69, 9.17) is 0 Å². The summed E-state index contributed by atoms with van der Waals surface area (Å²) in [6.45, 7) is 0. The van der Waals surface area contributed by atoms with Crippen molar-refractivity contribution in [2.75, 3.05) is 12.9 Å². The van der Waals surface area contributed by atoms with Crippen LogP contribution in [-0.2, 0) is 16.9 Å². The van der Waals surface area contributed by atoms with Crippen molar-refractivity contribution in [3.63, 3.8) is 0 Å². The van der Waals surface area contributed by atoms with Crippen LogP contribution in [0.3, 0.4) is 0 Å². The molecule has 6 heteroatoms. The third-order valence-corrected chi connectivity index (χ3v) is 4.40. The number of hydrogen-bond acceptors (Lipinski definition) is 5. The van der Waals surface area contributed by atoms with Crippen molar-refractivity contribution >= 4 is 17.7 Å². The molecule has 1 aromatic heterocycles. The van der Waals surface area contributed by atoms with Crippen LogP contribution in [0, 0.1) is 0 Å². The van der Waals surface area contributed by atoms with E-state index in [2.05, 4.69) is 14.7 Å². The van der Waals surface area contributed by atoms with Gasteiger partial charge in [0, 0.05) is 16.9 Å². The topological polar surface area (TPSA) is 72.0 Å². The van der Waals surface area contributed by atoms with Crippen LogP contribution in [0.4, 0.5) is 0 Å². The Balaban J connectivity index is 1.99. The summed E-state index contributed by atoms with van der Waals surface area (Å²) in [5, 5.41) is 0. The lowest BCUT2D eigenvalue weighted by Crippen LogP contribution is -2.21. The lowest BCUT2D eigenvalue weighted by Gasteiger charge is -2.14. The predicted molar refractivity (Wildman–Crippen MR) is 81.5 cm³/mol. The lowest BCUT2D eigenvalue weighted by molar-refractivity contribution is 0.0601. The molecule has 1 N–H and O–H groups in total. The number of fused-ring (bicyclic) bond motifs is 1. The summed E-state index contributed by atoms with van der Waals surface area (Å²) >= 11 is 1.75. The maximum Gasteiger partial charge on any atom is 0.337 e. The highest BCUT2D eigenvalue weighted by Gasteiger charge is 2.16. The molecule has 0 bridgehead atoms. The van der Waals surface area contributed by atoms with E-state index in [9.17, 15) is 9.59 Å². The van der Waals surface area contributed by atoms with Gasteiger partial charge in [0.15, 0.2) is 0 Å². The molecule has 0 radical (unpaired) electrons. The summed E-state index contributed by atoms with van der Waals surface area (Å²) in [6, 6.07) is 6.84. The average Bonchev–Trinajstić information content (AvgIpc) is 2.54. The molecule has 2 heterocycles. The van der Waals surface area contributed by atoms with Crippen molar-refractivity contribution in [2.45, 2.75) is 12.2 Å². The lowest BCUT2D eigenvalue weighted by atomic mass is 10.1. The van der Waals surface area contributed by atoms with E-state index in [1.807, 2.05) is 0 Å². The summed E-state index contributed by atoms with van der Waals surface area (Å²) in [7, 11) is 1.34. The van der Waals surface area contributed by atoms with Gasteiger partial charge in [-0.15, -0.1) is 0 Å². The maximum atomic E-state index is 12.1. The molecule has 0 amide bonds. The first kappa shape index (κ1) is 13.9. The molecule has 3 rings (SSSR count). The quantitative estimate of drug-likeness (QED) is 0.859. The SMILES string of the molecule is COC(=O)c1ccc(-c2nc3c(c(=O)[nH]2)CSCC3)cc1. The number of nitrogens with zero attached hydrogens (tertiary/aromatic N) is 1. The zero-order chi connectivity index (χ0) is 14.8. The minimum atomic E-state index is -0.384. The number of thioether (sulfide) groups is 1. The van der Waals surface area contributed by atoms with Crippen molar-refractivity contribution in [2.24, 2.45) is 0 Å². The van der Waals surface area contributed by atoms with Gasteiger partial charge in [-0.2, -0.15) is 11.8 Å². The number of H-pyrrole nitrogens is 1. The van der Waals surface area contributed by atoms with Gasteiger partial charge in [-0.25, -0.2) is 9.78 Å². The van der Waals surface area contributed by atoms with Crippen molar-refractivity contribution in [3.8, 4) is 11.4 Å². The Morgan fingerprint density at radius 1 is 1.33 bits per heavy atom. The van der Waals surface area contributed by atoms with E-state index >= 15 is 0 Å². The third kappa shape index (κ3) is 2.71. The Labute approximate surface area is 125 Å². The van der Waals surface area contributed by atoms with Gasteiger partial charge in [0.2, 0.25) is 0 Å². The summed E-state index contributed by atoms with van der Waals surface area (Å²) in [6.07, 6.45) is 0.817. The molecular formula is C15H14N2O3S. The van der Waals surface area contributed by atoms with Crippen LogP contribution < -0.4 is 5.56 Å². The summed E-state index contributed by atoms with van der Waals surface area (Å²) < 4.78 is 4.66. The molecule has 1 aliphatic rings. The maximum absolute atomic E-state index is 12.1. The van der Waals surface area contributed by atoms with E-state index in [0.717, 1.165) is 34.7 Å². The van der Waals surface area contributed by atoms with Crippen molar-refractivity contribution < 1.29 is 9.53 Å². The number of methoxy groups -OCH3 is 1. The van der Waals surface area contributed by atoms with Gasteiger partial charge in [-0.05, 0) is 24.3 Å². The molecule has 1 aliphatic heterocycles. The second kappa shape index (κ2) is 5.73. The first-order chi connectivity index (χ1) is 10.2. The number of hydrogen-bond donors (Lipinski definition) is 1. The van der Waals surface area contributed by atoms with Crippen LogP contribution >= 0.6 is 11.8 Å². The van der Waals surface area contributed by atoms with E-state index in [0.29, 0.717) is 11.4 Å². The minimum absolute atomic E-state index is 0.0701. The van der Waals surface area contributed by atoms with E-state index in [-0.39, 0.29) is 11.5 Å². The molecule has 1 aromatic carbocycles. The highest BCUT2D eigenvalue weighted by molar-refractivity contribution is 7.98. The zero-order valence-electron chi connectivity index (χ0n) is 11.5. The van der Waals surface area contributed by atoms with Gasteiger partial charge in [-0.1, -0.05) is 12.1 Å². The average molecular weight is 302 g/mol. The van der Waals surface area contributed by atoms with Crippen LogP contribution in [0.1, 0.15) is 21.6 Å². The molecule has 108 valence electrons. The fraction of sp³-hybridized carbons (Fsp3) is 0.267. The van der Waals surface area contributed by atoms with Gasteiger partial charge < -0.3 is 9.72 Å². The normalized spacial score (nSPS) is 13.6. The zero-order valence-corrected chi connectivity index (χ0v) is 12.3. The molecule has 0 saturated carbocycles. The number of carbonyl (C=O) groups excluding carboxylic acids is 1. The number of benzene rings is 1. The van der Waals surface area contributed by atoms with Crippen molar-refractivity contribution in [3.05, 3.63) is 51.4 Å². The summed E-state index contributed by atoms with van der Waals surface area (Å²) in [4.78, 5) is 30.9. The Hall–Kier alpha value is -2.08. The fourth-order valence-electron chi connectivity index (χ4n) is 2.26. The molecule has 0 atom stereocenters.